The van der Waals surface area contributed by atoms with Crippen molar-refractivity contribution in [2.24, 2.45) is 11.7 Å². The Labute approximate surface area is 114 Å². The van der Waals surface area contributed by atoms with Gasteiger partial charge in [0.05, 0.1) is 16.8 Å². The Bertz CT molecular complexity index is 396. The van der Waals surface area contributed by atoms with E-state index in [0.29, 0.717) is 10.7 Å². The molecule has 0 fully saturated rings. The first-order valence-corrected chi connectivity index (χ1v) is 6.39. The summed E-state index contributed by atoms with van der Waals surface area (Å²) in [6.07, 6.45) is 0. The number of nitrogens with two attached hydrogens (primary N) is 1. The van der Waals surface area contributed by atoms with Gasteiger partial charge < -0.3 is 11.1 Å². The van der Waals surface area contributed by atoms with Gasteiger partial charge in [0.2, 0.25) is 5.91 Å². The molecular formula is C11H14ClIN2O. The topological polar surface area (TPSA) is 55.1 Å². The Balaban J connectivity index is 2.77. The predicted octanol–water partition coefficient (Wildman–Crippen LogP) is 2.87. The lowest BCUT2D eigenvalue weighted by Gasteiger charge is -2.16. The number of hydrogen-bond acceptors (Lipinski definition) is 2. The zero-order valence-corrected chi connectivity index (χ0v) is 12.0. The minimum absolute atomic E-state index is 0.0997. The Morgan fingerprint density at radius 3 is 2.62 bits per heavy atom. The summed E-state index contributed by atoms with van der Waals surface area (Å²) in [7, 11) is 0. The molecule has 1 amide bonds. The molecule has 5 heteroatoms. The van der Waals surface area contributed by atoms with E-state index < -0.39 is 6.04 Å². The third-order valence-corrected chi connectivity index (χ3v) is 3.19. The highest BCUT2D eigenvalue weighted by Crippen LogP contribution is 2.24. The molecule has 0 unspecified atom stereocenters. The molecule has 16 heavy (non-hydrogen) atoms. The number of benzene rings is 1. The van der Waals surface area contributed by atoms with Crippen LogP contribution >= 0.6 is 34.2 Å². The quantitative estimate of drug-likeness (QED) is 0.822. The van der Waals surface area contributed by atoms with Crippen molar-refractivity contribution in [3.63, 3.8) is 0 Å². The normalized spacial score (nSPS) is 12.6. The fraction of sp³-hybridized carbons (Fsp3) is 0.364. The van der Waals surface area contributed by atoms with E-state index in [4.69, 9.17) is 17.3 Å². The van der Waals surface area contributed by atoms with Crippen LogP contribution in [-0.4, -0.2) is 11.9 Å². The number of nitrogens with one attached hydrogen (secondary N) is 1. The Hall–Kier alpha value is -0.330. The van der Waals surface area contributed by atoms with Crippen molar-refractivity contribution in [3.8, 4) is 0 Å². The lowest BCUT2D eigenvalue weighted by Crippen LogP contribution is -2.39. The van der Waals surface area contributed by atoms with Crippen LogP contribution in [0.1, 0.15) is 13.8 Å². The molecule has 1 rings (SSSR count). The second-order valence-electron chi connectivity index (χ2n) is 3.88. The summed E-state index contributed by atoms with van der Waals surface area (Å²) in [5, 5.41) is 3.24. The van der Waals surface area contributed by atoms with Gasteiger partial charge >= 0.3 is 0 Å². The summed E-state index contributed by atoms with van der Waals surface area (Å²) < 4.78 is 1.02. The van der Waals surface area contributed by atoms with E-state index in [1.807, 2.05) is 19.9 Å². The Morgan fingerprint density at radius 2 is 2.12 bits per heavy atom. The van der Waals surface area contributed by atoms with Crippen molar-refractivity contribution in [3.05, 3.63) is 26.8 Å². The predicted molar refractivity (Wildman–Crippen MR) is 75.6 cm³/mol. The van der Waals surface area contributed by atoms with Crippen LogP contribution in [0, 0.1) is 9.49 Å². The molecule has 1 aromatic carbocycles. The smallest absolute Gasteiger partial charge is 0.241 e. The first-order chi connectivity index (χ1) is 7.41. The average Bonchev–Trinajstić information content (AvgIpc) is 2.20. The second kappa shape index (κ2) is 5.84. The van der Waals surface area contributed by atoms with Gasteiger partial charge in [0.15, 0.2) is 0 Å². The summed E-state index contributed by atoms with van der Waals surface area (Å²) >= 11 is 8.16. The standard InChI is InChI=1S/C11H14ClIN2O/c1-6(2)10(14)11(16)15-9-4-3-7(13)5-8(9)12/h3-6,10H,14H2,1-2H3,(H,15,16)/t10-/m1/s1. The SMILES string of the molecule is CC(C)[C@@H](N)C(=O)Nc1ccc(I)cc1Cl. The van der Waals surface area contributed by atoms with Crippen LogP contribution in [0.3, 0.4) is 0 Å². The van der Waals surface area contributed by atoms with E-state index >= 15 is 0 Å². The highest BCUT2D eigenvalue weighted by Gasteiger charge is 2.17. The molecular weight excluding hydrogens is 338 g/mol. The van der Waals surface area contributed by atoms with Crippen LogP contribution in [0.2, 0.25) is 5.02 Å². The molecule has 0 aliphatic rings. The highest BCUT2D eigenvalue weighted by atomic mass is 127. The van der Waals surface area contributed by atoms with Gasteiger partial charge in [-0.3, -0.25) is 4.79 Å². The lowest BCUT2D eigenvalue weighted by molar-refractivity contribution is -0.118. The van der Waals surface area contributed by atoms with Gasteiger partial charge in [-0.05, 0) is 46.7 Å². The molecule has 0 spiro atoms. The van der Waals surface area contributed by atoms with E-state index in [1.54, 1.807) is 12.1 Å². The highest BCUT2D eigenvalue weighted by molar-refractivity contribution is 14.1. The van der Waals surface area contributed by atoms with Gasteiger partial charge in [0.1, 0.15) is 0 Å². The largest absolute Gasteiger partial charge is 0.323 e. The monoisotopic (exact) mass is 352 g/mol. The summed E-state index contributed by atoms with van der Waals surface area (Å²) in [5.74, 6) is -0.110. The second-order valence-corrected chi connectivity index (χ2v) is 5.54. The van der Waals surface area contributed by atoms with Crippen molar-refractivity contribution < 1.29 is 4.79 Å². The Kier molecular flexibility index (Phi) is 5.01. The average molecular weight is 353 g/mol. The number of rotatable bonds is 3. The van der Waals surface area contributed by atoms with Crippen LogP contribution < -0.4 is 11.1 Å². The fourth-order valence-electron chi connectivity index (χ4n) is 1.11. The summed E-state index contributed by atoms with van der Waals surface area (Å²) in [6.45, 7) is 3.81. The molecule has 0 saturated carbocycles. The first kappa shape index (κ1) is 13.7. The molecule has 0 aliphatic carbocycles. The lowest BCUT2D eigenvalue weighted by atomic mass is 10.1. The van der Waals surface area contributed by atoms with Gasteiger partial charge in [-0.1, -0.05) is 25.4 Å². The van der Waals surface area contributed by atoms with E-state index in [9.17, 15) is 4.79 Å². The van der Waals surface area contributed by atoms with Gasteiger partial charge in [0.25, 0.3) is 0 Å². The molecule has 0 aliphatic heterocycles. The molecule has 0 radical (unpaired) electrons. The van der Waals surface area contributed by atoms with Gasteiger partial charge in [-0.25, -0.2) is 0 Å². The summed E-state index contributed by atoms with van der Waals surface area (Å²) in [5.41, 5.74) is 6.33. The van der Waals surface area contributed by atoms with Gasteiger partial charge in [-0.15, -0.1) is 0 Å². The van der Waals surface area contributed by atoms with Crippen LogP contribution in [0.5, 0.6) is 0 Å². The number of amides is 1. The van der Waals surface area contributed by atoms with E-state index in [0.717, 1.165) is 3.57 Å². The number of hydrogen-bond donors (Lipinski definition) is 2. The van der Waals surface area contributed by atoms with E-state index in [-0.39, 0.29) is 11.8 Å². The van der Waals surface area contributed by atoms with Crippen LogP contribution in [0.25, 0.3) is 0 Å². The minimum atomic E-state index is -0.518. The van der Waals surface area contributed by atoms with Crippen LogP contribution in [-0.2, 0) is 4.79 Å². The molecule has 1 atom stereocenters. The maximum Gasteiger partial charge on any atom is 0.241 e. The van der Waals surface area contributed by atoms with Crippen molar-refractivity contribution in [2.45, 2.75) is 19.9 Å². The van der Waals surface area contributed by atoms with E-state index in [2.05, 4.69) is 27.9 Å². The number of halogens is 2. The van der Waals surface area contributed by atoms with Crippen molar-refractivity contribution in [1.82, 2.24) is 0 Å². The molecule has 88 valence electrons. The molecule has 0 saturated heterocycles. The van der Waals surface area contributed by atoms with Crippen LogP contribution in [0.4, 0.5) is 5.69 Å². The van der Waals surface area contributed by atoms with Crippen molar-refractivity contribution >= 4 is 45.8 Å². The maximum absolute atomic E-state index is 11.7. The Morgan fingerprint density at radius 1 is 1.50 bits per heavy atom. The van der Waals surface area contributed by atoms with Gasteiger partial charge in [0, 0.05) is 3.57 Å². The zero-order valence-electron chi connectivity index (χ0n) is 9.13. The maximum atomic E-state index is 11.7. The minimum Gasteiger partial charge on any atom is -0.323 e. The van der Waals surface area contributed by atoms with Gasteiger partial charge in [-0.2, -0.15) is 0 Å². The summed E-state index contributed by atoms with van der Waals surface area (Å²) in [6, 6.07) is 4.92. The van der Waals surface area contributed by atoms with Crippen molar-refractivity contribution in [1.29, 1.82) is 0 Å². The third-order valence-electron chi connectivity index (χ3n) is 2.21. The third kappa shape index (κ3) is 3.61. The van der Waals surface area contributed by atoms with Crippen molar-refractivity contribution in [2.75, 3.05) is 5.32 Å². The molecule has 3 nitrogen and oxygen atoms in total. The summed E-state index contributed by atoms with van der Waals surface area (Å²) in [4.78, 5) is 11.7. The fourth-order valence-corrected chi connectivity index (χ4v) is 2.01. The zero-order chi connectivity index (χ0) is 12.3. The number of carbonyl (C=O) groups is 1. The molecule has 0 bridgehead atoms. The number of carbonyl (C=O) groups excluding carboxylic acids is 1. The first-order valence-electron chi connectivity index (χ1n) is 4.93. The molecule has 1 aromatic rings. The van der Waals surface area contributed by atoms with E-state index in [1.165, 1.54) is 0 Å². The number of anilines is 1. The molecule has 0 aromatic heterocycles. The molecule has 0 heterocycles. The van der Waals surface area contributed by atoms with Crippen LogP contribution in [0.15, 0.2) is 18.2 Å². The molecule has 3 N–H and O–H groups in total.